The fourth-order valence-electron chi connectivity index (χ4n) is 4.35. The minimum absolute atomic E-state index is 0.0321. The standard InChI is InChI=1S/C28H32N2O4/c1-20-15-21(2)17-26(16-20)34-19-23-18-22(5-10-27(23)33-4)28(31)30-13-11-29(12-14-30)24-6-8-25(32-3)9-7-24/h5-10,15-18H,11-14,19H2,1-4H3. The summed E-state index contributed by atoms with van der Waals surface area (Å²) >= 11 is 0. The maximum atomic E-state index is 13.3. The summed E-state index contributed by atoms with van der Waals surface area (Å²) in [5.74, 6) is 2.40. The highest BCUT2D eigenvalue weighted by Crippen LogP contribution is 2.25. The first kappa shape index (κ1) is 23.5. The van der Waals surface area contributed by atoms with E-state index in [1.165, 1.54) is 0 Å². The van der Waals surface area contributed by atoms with Crippen LogP contribution in [0.25, 0.3) is 0 Å². The number of aryl methyl sites for hydroxylation is 2. The first-order valence-electron chi connectivity index (χ1n) is 11.5. The molecular weight excluding hydrogens is 428 g/mol. The summed E-state index contributed by atoms with van der Waals surface area (Å²) in [5, 5.41) is 0. The molecule has 1 heterocycles. The van der Waals surface area contributed by atoms with Gasteiger partial charge in [0.05, 0.1) is 14.2 Å². The van der Waals surface area contributed by atoms with Crippen LogP contribution in [-0.2, 0) is 6.61 Å². The van der Waals surface area contributed by atoms with Crippen molar-refractivity contribution in [1.82, 2.24) is 4.90 Å². The maximum absolute atomic E-state index is 13.3. The Morgan fingerprint density at radius 1 is 0.794 bits per heavy atom. The van der Waals surface area contributed by atoms with Gasteiger partial charge < -0.3 is 24.0 Å². The highest BCUT2D eigenvalue weighted by molar-refractivity contribution is 5.94. The molecule has 1 amide bonds. The van der Waals surface area contributed by atoms with Crippen molar-refractivity contribution in [2.24, 2.45) is 0 Å². The zero-order valence-corrected chi connectivity index (χ0v) is 20.3. The van der Waals surface area contributed by atoms with Crippen LogP contribution in [0.3, 0.4) is 0 Å². The third kappa shape index (κ3) is 5.45. The Kier molecular flexibility index (Phi) is 7.26. The second-order valence-corrected chi connectivity index (χ2v) is 8.62. The monoisotopic (exact) mass is 460 g/mol. The predicted molar refractivity (Wildman–Crippen MR) is 134 cm³/mol. The van der Waals surface area contributed by atoms with Gasteiger partial charge in [0.2, 0.25) is 0 Å². The first-order chi connectivity index (χ1) is 16.5. The van der Waals surface area contributed by atoms with Crippen LogP contribution in [0.1, 0.15) is 27.0 Å². The minimum atomic E-state index is 0.0321. The summed E-state index contributed by atoms with van der Waals surface area (Å²) in [4.78, 5) is 17.5. The summed E-state index contributed by atoms with van der Waals surface area (Å²) < 4.78 is 16.8. The molecule has 34 heavy (non-hydrogen) atoms. The quantitative estimate of drug-likeness (QED) is 0.504. The summed E-state index contributed by atoms with van der Waals surface area (Å²) in [7, 11) is 3.30. The van der Waals surface area contributed by atoms with Crippen LogP contribution >= 0.6 is 0 Å². The normalized spacial score (nSPS) is 13.5. The lowest BCUT2D eigenvalue weighted by atomic mass is 10.1. The lowest BCUT2D eigenvalue weighted by Crippen LogP contribution is -2.48. The molecule has 1 aliphatic heterocycles. The van der Waals surface area contributed by atoms with Gasteiger partial charge in [0.15, 0.2) is 0 Å². The third-order valence-corrected chi connectivity index (χ3v) is 6.12. The van der Waals surface area contributed by atoms with Gasteiger partial charge in [-0.2, -0.15) is 0 Å². The molecule has 0 N–H and O–H groups in total. The molecule has 0 radical (unpaired) electrons. The van der Waals surface area contributed by atoms with Crippen LogP contribution < -0.4 is 19.1 Å². The number of methoxy groups -OCH3 is 2. The fraction of sp³-hybridized carbons (Fsp3) is 0.321. The van der Waals surface area contributed by atoms with Crippen LogP contribution in [0.15, 0.2) is 60.7 Å². The zero-order valence-electron chi connectivity index (χ0n) is 20.3. The van der Waals surface area contributed by atoms with E-state index in [-0.39, 0.29) is 5.91 Å². The van der Waals surface area contributed by atoms with E-state index >= 15 is 0 Å². The molecule has 6 heteroatoms. The molecule has 6 nitrogen and oxygen atoms in total. The number of ether oxygens (including phenoxy) is 3. The molecular formula is C28H32N2O4. The molecule has 4 rings (SSSR count). The van der Waals surface area contributed by atoms with Crippen molar-refractivity contribution >= 4 is 11.6 Å². The Bertz CT molecular complexity index is 1120. The smallest absolute Gasteiger partial charge is 0.253 e. The molecule has 3 aromatic rings. The number of hydrogen-bond donors (Lipinski definition) is 0. The average molecular weight is 461 g/mol. The van der Waals surface area contributed by atoms with Gasteiger partial charge in [-0.05, 0) is 79.6 Å². The molecule has 1 aliphatic rings. The number of nitrogens with zero attached hydrogens (tertiary/aromatic N) is 2. The summed E-state index contributed by atoms with van der Waals surface area (Å²) in [6, 6.07) is 19.7. The molecule has 3 aromatic carbocycles. The number of amides is 1. The van der Waals surface area contributed by atoms with Crippen LogP contribution in [0.5, 0.6) is 17.2 Å². The zero-order chi connectivity index (χ0) is 24.1. The van der Waals surface area contributed by atoms with Gasteiger partial charge in [0.25, 0.3) is 5.91 Å². The van der Waals surface area contributed by atoms with E-state index in [0.717, 1.165) is 47.0 Å². The Morgan fingerprint density at radius 2 is 1.47 bits per heavy atom. The van der Waals surface area contributed by atoms with Crippen molar-refractivity contribution in [2.45, 2.75) is 20.5 Å². The molecule has 0 atom stereocenters. The Labute approximate surface area is 201 Å². The van der Waals surface area contributed by atoms with Gasteiger partial charge in [0.1, 0.15) is 23.9 Å². The first-order valence-corrected chi connectivity index (χ1v) is 11.5. The molecule has 1 fully saturated rings. The van der Waals surface area contributed by atoms with Gasteiger partial charge >= 0.3 is 0 Å². The number of rotatable bonds is 7. The minimum Gasteiger partial charge on any atom is -0.497 e. The van der Waals surface area contributed by atoms with Gasteiger partial charge in [-0.1, -0.05) is 6.07 Å². The predicted octanol–water partition coefficient (Wildman–Crippen LogP) is 4.86. The van der Waals surface area contributed by atoms with Crippen molar-refractivity contribution in [3.8, 4) is 17.2 Å². The van der Waals surface area contributed by atoms with E-state index in [1.807, 2.05) is 61.2 Å². The van der Waals surface area contributed by atoms with E-state index in [9.17, 15) is 4.79 Å². The Morgan fingerprint density at radius 3 is 2.09 bits per heavy atom. The largest absolute Gasteiger partial charge is 0.497 e. The number of piperazine rings is 1. The topological polar surface area (TPSA) is 51.2 Å². The number of carbonyl (C=O) groups is 1. The van der Waals surface area contributed by atoms with E-state index in [2.05, 4.69) is 23.1 Å². The Hall–Kier alpha value is -3.67. The fourth-order valence-corrected chi connectivity index (χ4v) is 4.35. The molecule has 0 unspecified atom stereocenters. The summed E-state index contributed by atoms with van der Waals surface area (Å²) in [5.41, 5.74) is 4.95. The molecule has 1 saturated heterocycles. The van der Waals surface area contributed by atoms with Gasteiger partial charge in [-0.15, -0.1) is 0 Å². The molecule has 0 bridgehead atoms. The molecule has 0 aromatic heterocycles. The number of hydrogen-bond acceptors (Lipinski definition) is 5. The third-order valence-electron chi connectivity index (χ3n) is 6.12. The van der Waals surface area contributed by atoms with E-state index in [1.54, 1.807) is 14.2 Å². The second kappa shape index (κ2) is 10.5. The highest BCUT2D eigenvalue weighted by atomic mass is 16.5. The van der Waals surface area contributed by atoms with Crippen molar-refractivity contribution in [3.63, 3.8) is 0 Å². The van der Waals surface area contributed by atoms with Crippen LogP contribution in [0.4, 0.5) is 5.69 Å². The van der Waals surface area contributed by atoms with E-state index < -0.39 is 0 Å². The van der Waals surface area contributed by atoms with Crippen LogP contribution in [-0.4, -0.2) is 51.2 Å². The summed E-state index contributed by atoms with van der Waals surface area (Å²) in [6.45, 7) is 7.35. The second-order valence-electron chi connectivity index (χ2n) is 8.62. The molecule has 0 aliphatic carbocycles. The molecule has 0 saturated carbocycles. The Balaban J connectivity index is 1.41. The lowest BCUT2D eigenvalue weighted by molar-refractivity contribution is 0.0746. The number of benzene rings is 3. The average Bonchev–Trinajstić information content (AvgIpc) is 2.86. The lowest BCUT2D eigenvalue weighted by Gasteiger charge is -2.36. The van der Waals surface area contributed by atoms with Gasteiger partial charge in [-0.3, -0.25) is 4.79 Å². The van der Waals surface area contributed by atoms with Crippen LogP contribution in [0, 0.1) is 13.8 Å². The molecule has 0 spiro atoms. The summed E-state index contributed by atoms with van der Waals surface area (Å²) in [6.07, 6.45) is 0. The maximum Gasteiger partial charge on any atom is 0.253 e. The van der Waals surface area contributed by atoms with Crippen molar-refractivity contribution in [3.05, 3.63) is 82.9 Å². The van der Waals surface area contributed by atoms with E-state index in [4.69, 9.17) is 14.2 Å². The number of anilines is 1. The van der Waals surface area contributed by atoms with Crippen molar-refractivity contribution in [2.75, 3.05) is 45.3 Å². The molecule has 178 valence electrons. The highest BCUT2D eigenvalue weighted by Gasteiger charge is 2.23. The van der Waals surface area contributed by atoms with Gasteiger partial charge in [-0.25, -0.2) is 0 Å². The SMILES string of the molecule is COc1ccc(N2CCN(C(=O)c3ccc(OC)c(COc4cc(C)cc(C)c4)c3)CC2)cc1. The van der Waals surface area contributed by atoms with Crippen molar-refractivity contribution in [1.29, 1.82) is 0 Å². The van der Waals surface area contributed by atoms with Crippen molar-refractivity contribution < 1.29 is 19.0 Å². The number of carbonyl (C=O) groups excluding carboxylic acids is 1. The van der Waals surface area contributed by atoms with Crippen LogP contribution in [0.2, 0.25) is 0 Å². The van der Waals surface area contributed by atoms with Gasteiger partial charge in [0, 0.05) is 43.0 Å². The van der Waals surface area contributed by atoms with E-state index in [0.29, 0.717) is 31.0 Å².